The molecule has 5 nitrogen and oxygen atoms in total. The van der Waals surface area contributed by atoms with Crippen molar-refractivity contribution >= 4 is 0 Å². The molecule has 0 radical (unpaired) electrons. The van der Waals surface area contributed by atoms with Crippen LogP contribution in [0.5, 0.6) is 17.2 Å². The van der Waals surface area contributed by atoms with Gasteiger partial charge in [0.2, 0.25) is 0 Å². The number of ether oxygens (including phenoxy) is 3. The molecule has 5 heteroatoms. The van der Waals surface area contributed by atoms with Crippen LogP contribution in [0.4, 0.5) is 0 Å². The Morgan fingerprint density at radius 3 is 2.61 bits per heavy atom. The fourth-order valence-corrected chi connectivity index (χ4v) is 3.82. The molecule has 0 saturated heterocycles. The van der Waals surface area contributed by atoms with Crippen LogP contribution in [0.25, 0.3) is 0 Å². The number of benzene rings is 3. The number of aliphatic hydroxyl groups is 1. The van der Waals surface area contributed by atoms with Crippen molar-refractivity contribution in [2.75, 3.05) is 26.9 Å². The Bertz CT molecular complexity index is 1000. The van der Waals surface area contributed by atoms with Gasteiger partial charge >= 0.3 is 0 Å². The van der Waals surface area contributed by atoms with Crippen LogP contribution in [0, 0.1) is 0 Å². The average Bonchev–Trinajstić information content (AvgIpc) is 3.00. The van der Waals surface area contributed by atoms with E-state index in [1.807, 2.05) is 66.7 Å². The summed E-state index contributed by atoms with van der Waals surface area (Å²) < 4.78 is 17.3. The van der Waals surface area contributed by atoms with E-state index in [2.05, 4.69) is 11.0 Å². The molecular weight excluding hydrogens is 390 g/mol. The minimum Gasteiger partial charge on any atom is -0.496 e. The molecule has 0 fully saturated rings. The topological polar surface area (TPSA) is 51.2 Å². The van der Waals surface area contributed by atoms with Crippen LogP contribution in [-0.4, -0.2) is 36.9 Å². The Kier molecular flexibility index (Phi) is 6.44. The molecule has 3 aromatic rings. The minimum atomic E-state index is -1.12. The molecule has 1 atom stereocenters. The summed E-state index contributed by atoms with van der Waals surface area (Å²) in [4.78, 5) is 2.34. The lowest BCUT2D eigenvalue weighted by Gasteiger charge is -2.26. The molecule has 0 saturated carbocycles. The Morgan fingerprint density at radius 1 is 1.03 bits per heavy atom. The van der Waals surface area contributed by atoms with Crippen LogP contribution in [0.3, 0.4) is 0 Å². The van der Waals surface area contributed by atoms with Gasteiger partial charge in [-0.1, -0.05) is 42.5 Å². The van der Waals surface area contributed by atoms with Crippen molar-refractivity contribution in [2.45, 2.75) is 25.6 Å². The number of fused-ring (bicyclic) bond motifs is 1. The molecule has 1 aliphatic rings. The predicted octanol–water partition coefficient (Wildman–Crippen LogP) is 4.38. The van der Waals surface area contributed by atoms with Gasteiger partial charge in [0.25, 0.3) is 0 Å². The van der Waals surface area contributed by atoms with E-state index in [0.717, 1.165) is 53.6 Å². The van der Waals surface area contributed by atoms with Gasteiger partial charge in [0.15, 0.2) is 0 Å². The highest BCUT2D eigenvalue weighted by Gasteiger charge is 2.27. The predicted molar refractivity (Wildman–Crippen MR) is 121 cm³/mol. The normalized spacial score (nSPS) is 15.8. The van der Waals surface area contributed by atoms with Crippen molar-refractivity contribution < 1.29 is 19.3 Å². The van der Waals surface area contributed by atoms with Gasteiger partial charge in [-0.05, 0) is 42.8 Å². The van der Waals surface area contributed by atoms with Crippen LogP contribution in [0.1, 0.15) is 23.6 Å². The Morgan fingerprint density at radius 2 is 1.81 bits per heavy atom. The largest absolute Gasteiger partial charge is 0.496 e. The first-order chi connectivity index (χ1) is 15.0. The lowest BCUT2D eigenvalue weighted by molar-refractivity contribution is 0.00748. The molecule has 1 N–H and O–H groups in total. The third kappa shape index (κ3) is 5.19. The maximum Gasteiger partial charge on any atom is 0.123 e. The molecule has 0 unspecified atom stereocenters. The van der Waals surface area contributed by atoms with Gasteiger partial charge in [-0.2, -0.15) is 0 Å². The first-order valence-corrected chi connectivity index (χ1v) is 10.6. The van der Waals surface area contributed by atoms with Crippen molar-refractivity contribution in [2.24, 2.45) is 0 Å². The van der Waals surface area contributed by atoms with E-state index < -0.39 is 5.60 Å². The molecular formula is C26H29NO4. The molecule has 4 rings (SSSR count). The molecule has 0 spiro atoms. The zero-order valence-corrected chi connectivity index (χ0v) is 18.1. The molecule has 1 heterocycles. The van der Waals surface area contributed by atoms with E-state index in [1.54, 1.807) is 14.0 Å². The minimum absolute atomic E-state index is 0.168. The number of methoxy groups -OCH3 is 1. The molecule has 0 aliphatic carbocycles. The van der Waals surface area contributed by atoms with Gasteiger partial charge in [0.05, 0.1) is 7.11 Å². The third-order valence-electron chi connectivity index (χ3n) is 5.59. The zero-order chi connectivity index (χ0) is 21.7. The smallest absolute Gasteiger partial charge is 0.123 e. The molecule has 31 heavy (non-hydrogen) atoms. The van der Waals surface area contributed by atoms with Gasteiger partial charge in [0, 0.05) is 30.8 Å². The summed E-state index contributed by atoms with van der Waals surface area (Å²) in [5.41, 5.74) is 1.90. The van der Waals surface area contributed by atoms with Crippen LogP contribution >= 0.6 is 0 Å². The van der Waals surface area contributed by atoms with E-state index in [9.17, 15) is 5.11 Å². The maximum atomic E-state index is 11.1. The van der Waals surface area contributed by atoms with Gasteiger partial charge < -0.3 is 19.3 Å². The highest BCUT2D eigenvalue weighted by molar-refractivity contribution is 5.40. The number of hydrogen-bond donors (Lipinski definition) is 1. The second-order valence-corrected chi connectivity index (χ2v) is 8.07. The van der Waals surface area contributed by atoms with E-state index in [1.165, 1.54) is 0 Å². The number of hydrogen-bond acceptors (Lipinski definition) is 5. The van der Waals surface area contributed by atoms with Crippen molar-refractivity contribution in [3.05, 3.63) is 89.5 Å². The summed E-state index contributed by atoms with van der Waals surface area (Å²) in [6, 6.07) is 23.5. The summed E-state index contributed by atoms with van der Waals surface area (Å²) in [7, 11) is 1.70. The van der Waals surface area contributed by atoms with Crippen molar-refractivity contribution in [1.29, 1.82) is 0 Å². The summed E-state index contributed by atoms with van der Waals surface area (Å²) >= 11 is 0. The molecule has 0 aromatic heterocycles. The Balaban J connectivity index is 1.50. The van der Waals surface area contributed by atoms with Gasteiger partial charge in [0.1, 0.15) is 36.1 Å². The summed E-state index contributed by atoms with van der Waals surface area (Å²) in [5, 5.41) is 11.1. The number of para-hydroxylation sites is 2. The van der Waals surface area contributed by atoms with Crippen LogP contribution in [-0.2, 0) is 18.7 Å². The summed E-state index contributed by atoms with van der Waals surface area (Å²) in [6.07, 6.45) is 0. The lowest BCUT2D eigenvalue weighted by Crippen LogP contribution is -2.30. The van der Waals surface area contributed by atoms with Crippen molar-refractivity contribution in [3.8, 4) is 17.2 Å². The van der Waals surface area contributed by atoms with E-state index in [4.69, 9.17) is 14.2 Å². The summed E-state index contributed by atoms with van der Waals surface area (Å²) in [5.74, 6) is 2.50. The van der Waals surface area contributed by atoms with Gasteiger partial charge in [-0.25, -0.2) is 0 Å². The monoisotopic (exact) mass is 419 g/mol. The van der Waals surface area contributed by atoms with Crippen LogP contribution < -0.4 is 14.2 Å². The first kappa shape index (κ1) is 21.2. The van der Waals surface area contributed by atoms with Gasteiger partial charge in [-0.3, -0.25) is 4.90 Å². The second kappa shape index (κ2) is 9.41. The number of rotatable bonds is 7. The molecule has 162 valence electrons. The lowest BCUT2D eigenvalue weighted by atomic mass is 9.94. The van der Waals surface area contributed by atoms with Gasteiger partial charge in [-0.15, -0.1) is 0 Å². The Hall–Kier alpha value is -3.02. The van der Waals surface area contributed by atoms with E-state index in [0.29, 0.717) is 6.61 Å². The van der Waals surface area contributed by atoms with Crippen LogP contribution in [0.2, 0.25) is 0 Å². The highest BCUT2D eigenvalue weighted by Crippen LogP contribution is 2.31. The first-order valence-electron chi connectivity index (χ1n) is 10.6. The fraction of sp³-hybridized carbons (Fsp3) is 0.308. The zero-order valence-electron chi connectivity index (χ0n) is 18.1. The fourth-order valence-electron chi connectivity index (χ4n) is 3.82. The van der Waals surface area contributed by atoms with Crippen LogP contribution in [0.15, 0.2) is 72.8 Å². The molecule has 1 aliphatic heterocycles. The van der Waals surface area contributed by atoms with Crippen molar-refractivity contribution in [3.63, 3.8) is 0 Å². The molecule has 0 amide bonds. The second-order valence-electron chi connectivity index (χ2n) is 8.07. The summed E-state index contributed by atoms with van der Waals surface area (Å²) in [6.45, 7) is 4.88. The maximum absolute atomic E-state index is 11.1. The molecule has 3 aromatic carbocycles. The average molecular weight is 420 g/mol. The quantitative estimate of drug-likeness (QED) is 0.616. The Labute approximate surface area is 183 Å². The SMILES string of the molecule is COc1ccccc1CN1CCOc2ccc([C@](C)(O)COc3ccccc3)cc2C1. The molecule has 0 bridgehead atoms. The van der Waals surface area contributed by atoms with E-state index >= 15 is 0 Å². The number of nitrogens with zero attached hydrogens (tertiary/aromatic N) is 1. The highest BCUT2D eigenvalue weighted by atomic mass is 16.5. The van der Waals surface area contributed by atoms with Crippen molar-refractivity contribution in [1.82, 2.24) is 4.90 Å². The third-order valence-corrected chi connectivity index (χ3v) is 5.59. The van der Waals surface area contributed by atoms with E-state index in [-0.39, 0.29) is 6.61 Å². The standard InChI is InChI=1S/C26H29NO4/c1-26(28,19-31-23-9-4-3-5-10-23)22-12-13-25-21(16-22)18-27(14-15-30-25)17-20-8-6-7-11-24(20)29-2/h3-13,16,28H,14-15,17-19H2,1-2H3/t26-/m1/s1.